The monoisotopic (exact) mass is 338 g/mol. The third kappa shape index (κ3) is 3.97. The molecule has 1 unspecified atom stereocenters. The summed E-state index contributed by atoms with van der Waals surface area (Å²) in [5.74, 6) is 0.746. The Balaban J connectivity index is 1.87. The van der Waals surface area contributed by atoms with E-state index in [0.717, 1.165) is 28.0 Å². The highest BCUT2D eigenvalue weighted by Gasteiger charge is 2.09. The van der Waals surface area contributed by atoms with Crippen molar-refractivity contribution >= 4 is 11.6 Å². The molecule has 1 atom stereocenters. The average Bonchev–Trinajstić information content (AvgIpc) is 2.61. The van der Waals surface area contributed by atoms with Crippen LogP contribution in [0.25, 0.3) is 11.1 Å². The van der Waals surface area contributed by atoms with Crippen LogP contribution in [0, 0.1) is 0 Å². The molecule has 3 heteroatoms. The molecule has 24 heavy (non-hydrogen) atoms. The van der Waals surface area contributed by atoms with Crippen LogP contribution in [-0.4, -0.2) is 5.11 Å². The third-order valence-electron chi connectivity index (χ3n) is 3.88. The van der Waals surface area contributed by atoms with Gasteiger partial charge in [0.15, 0.2) is 0 Å². The third-order valence-corrected chi connectivity index (χ3v) is 4.12. The van der Waals surface area contributed by atoms with Crippen LogP contribution >= 0.6 is 11.6 Å². The topological polar surface area (TPSA) is 29.5 Å². The molecule has 0 bridgehead atoms. The summed E-state index contributed by atoms with van der Waals surface area (Å²) in [5, 5.41) is 10.3. The second-order valence-corrected chi connectivity index (χ2v) is 6.15. The first-order valence-corrected chi connectivity index (χ1v) is 8.26. The molecule has 0 aliphatic rings. The molecular weight excluding hydrogens is 320 g/mol. The highest BCUT2D eigenvalue weighted by atomic mass is 35.5. The second kappa shape index (κ2) is 7.52. The van der Waals surface area contributed by atoms with Gasteiger partial charge in [-0.15, -0.1) is 0 Å². The minimum Gasteiger partial charge on any atom is -0.488 e. The fraction of sp³-hybridized carbons (Fsp3) is 0.143. The lowest BCUT2D eigenvalue weighted by molar-refractivity contribution is 0.199. The zero-order valence-electron chi connectivity index (χ0n) is 13.4. The van der Waals surface area contributed by atoms with Crippen molar-refractivity contribution in [3.8, 4) is 16.9 Å². The van der Waals surface area contributed by atoms with Gasteiger partial charge in [-0.1, -0.05) is 66.2 Å². The Bertz CT molecular complexity index is 796. The maximum Gasteiger partial charge on any atom is 0.129 e. The molecule has 0 amide bonds. The molecule has 3 rings (SSSR count). The molecule has 1 N–H and O–H groups in total. The number of aliphatic hydroxyl groups excluding tert-OH is 1. The van der Waals surface area contributed by atoms with Crippen LogP contribution < -0.4 is 4.74 Å². The summed E-state index contributed by atoms with van der Waals surface area (Å²) in [7, 11) is 0. The van der Waals surface area contributed by atoms with Crippen LogP contribution in [0.4, 0.5) is 0 Å². The molecule has 3 aromatic rings. The molecule has 0 fully saturated rings. The highest BCUT2D eigenvalue weighted by molar-refractivity contribution is 6.30. The standard InChI is InChI=1S/C21H19ClO2/c1-15(23)17-7-9-18(10-8-17)20-12-11-19(22)13-21(20)24-14-16-5-3-2-4-6-16/h2-13,15,23H,14H2,1H3. The fourth-order valence-electron chi connectivity index (χ4n) is 2.53. The lowest BCUT2D eigenvalue weighted by Gasteiger charge is -2.13. The summed E-state index contributed by atoms with van der Waals surface area (Å²) in [6, 6.07) is 23.5. The number of rotatable bonds is 5. The van der Waals surface area contributed by atoms with E-state index in [9.17, 15) is 5.11 Å². The predicted octanol–water partition coefficient (Wildman–Crippen LogP) is 5.64. The van der Waals surface area contributed by atoms with Crippen LogP contribution in [0.3, 0.4) is 0 Å². The largest absolute Gasteiger partial charge is 0.488 e. The Morgan fingerprint density at radius 2 is 1.67 bits per heavy atom. The molecule has 0 spiro atoms. The Kier molecular flexibility index (Phi) is 5.19. The quantitative estimate of drug-likeness (QED) is 0.652. The smallest absolute Gasteiger partial charge is 0.129 e. The van der Waals surface area contributed by atoms with Gasteiger partial charge in [-0.05, 0) is 41.8 Å². The summed E-state index contributed by atoms with van der Waals surface area (Å²) in [4.78, 5) is 0. The minimum atomic E-state index is -0.474. The number of hydrogen-bond acceptors (Lipinski definition) is 2. The lowest BCUT2D eigenvalue weighted by Crippen LogP contribution is -1.97. The zero-order chi connectivity index (χ0) is 16.9. The van der Waals surface area contributed by atoms with Crippen molar-refractivity contribution in [2.45, 2.75) is 19.6 Å². The van der Waals surface area contributed by atoms with Crippen LogP contribution in [-0.2, 0) is 6.61 Å². The van der Waals surface area contributed by atoms with Gasteiger partial charge in [-0.3, -0.25) is 0 Å². The Morgan fingerprint density at radius 3 is 2.33 bits per heavy atom. The summed E-state index contributed by atoms with van der Waals surface area (Å²) >= 11 is 6.14. The van der Waals surface area contributed by atoms with E-state index in [1.165, 1.54) is 0 Å². The molecule has 3 aromatic carbocycles. The first-order chi connectivity index (χ1) is 11.6. The predicted molar refractivity (Wildman–Crippen MR) is 98.3 cm³/mol. The van der Waals surface area contributed by atoms with Gasteiger partial charge in [0.05, 0.1) is 6.10 Å². The van der Waals surface area contributed by atoms with E-state index in [4.69, 9.17) is 16.3 Å². The van der Waals surface area contributed by atoms with Crippen LogP contribution in [0.1, 0.15) is 24.2 Å². The van der Waals surface area contributed by atoms with E-state index < -0.39 is 6.10 Å². The molecule has 0 aliphatic carbocycles. The summed E-state index contributed by atoms with van der Waals surface area (Å²) in [6.07, 6.45) is -0.474. The van der Waals surface area contributed by atoms with Crippen LogP contribution in [0.2, 0.25) is 5.02 Å². The number of hydrogen-bond donors (Lipinski definition) is 1. The van der Waals surface area contributed by atoms with Gasteiger partial charge in [0.25, 0.3) is 0 Å². The number of benzene rings is 3. The molecule has 0 saturated heterocycles. The van der Waals surface area contributed by atoms with E-state index in [0.29, 0.717) is 11.6 Å². The summed E-state index contributed by atoms with van der Waals surface area (Å²) in [5.41, 5.74) is 4.00. The van der Waals surface area contributed by atoms with E-state index >= 15 is 0 Å². The van der Waals surface area contributed by atoms with Crippen LogP contribution in [0.5, 0.6) is 5.75 Å². The first-order valence-electron chi connectivity index (χ1n) is 7.88. The molecule has 2 nitrogen and oxygen atoms in total. The zero-order valence-corrected chi connectivity index (χ0v) is 14.2. The molecule has 122 valence electrons. The summed E-state index contributed by atoms with van der Waals surface area (Å²) < 4.78 is 6.00. The first kappa shape index (κ1) is 16.6. The normalized spacial score (nSPS) is 12.0. The van der Waals surface area contributed by atoms with Gasteiger partial charge >= 0.3 is 0 Å². The minimum absolute atomic E-state index is 0.474. The van der Waals surface area contributed by atoms with E-state index in [1.807, 2.05) is 72.8 Å². The number of aliphatic hydroxyl groups is 1. The maximum absolute atomic E-state index is 9.64. The maximum atomic E-state index is 9.64. The lowest BCUT2D eigenvalue weighted by atomic mass is 10.0. The van der Waals surface area contributed by atoms with Crippen molar-refractivity contribution in [3.05, 3.63) is 88.9 Å². The molecule has 0 saturated carbocycles. The van der Waals surface area contributed by atoms with Gasteiger partial charge in [-0.2, -0.15) is 0 Å². The molecule has 0 aromatic heterocycles. The van der Waals surface area contributed by atoms with Crippen molar-refractivity contribution in [1.29, 1.82) is 0 Å². The SMILES string of the molecule is CC(O)c1ccc(-c2ccc(Cl)cc2OCc2ccccc2)cc1. The Morgan fingerprint density at radius 1 is 0.958 bits per heavy atom. The van der Waals surface area contributed by atoms with E-state index in [-0.39, 0.29) is 0 Å². The fourth-order valence-corrected chi connectivity index (χ4v) is 2.69. The van der Waals surface area contributed by atoms with Crippen molar-refractivity contribution in [3.63, 3.8) is 0 Å². The van der Waals surface area contributed by atoms with Crippen molar-refractivity contribution in [1.82, 2.24) is 0 Å². The van der Waals surface area contributed by atoms with E-state index in [2.05, 4.69) is 0 Å². The average molecular weight is 339 g/mol. The van der Waals surface area contributed by atoms with Crippen molar-refractivity contribution < 1.29 is 9.84 Å². The molecule has 0 aliphatic heterocycles. The van der Waals surface area contributed by atoms with Crippen LogP contribution in [0.15, 0.2) is 72.8 Å². The number of ether oxygens (including phenoxy) is 1. The van der Waals surface area contributed by atoms with Gasteiger partial charge in [0.2, 0.25) is 0 Å². The number of halogens is 1. The van der Waals surface area contributed by atoms with Crippen molar-refractivity contribution in [2.75, 3.05) is 0 Å². The van der Waals surface area contributed by atoms with Gasteiger partial charge < -0.3 is 9.84 Å². The Hall–Kier alpha value is -2.29. The molecular formula is C21H19ClO2. The van der Waals surface area contributed by atoms with Gasteiger partial charge in [-0.25, -0.2) is 0 Å². The second-order valence-electron chi connectivity index (χ2n) is 5.71. The highest BCUT2D eigenvalue weighted by Crippen LogP contribution is 2.33. The summed E-state index contributed by atoms with van der Waals surface area (Å²) in [6.45, 7) is 2.24. The molecule has 0 heterocycles. The van der Waals surface area contributed by atoms with Crippen molar-refractivity contribution in [2.24, 2.45) is 0 Å². The Labute approximate surface area is 147 Å². The van der Waals surface area contributed by atoms with E-state index in [1.54, 1.807) is 6.92 Å². The van der Waals surface area contributed by atoms with Gasteiger partial charge in [0, 0.05) is 10.6 Å². The molecule has 0 radical (unpaired) electrons. The van der Waals surface area contributed by atoms with Gasteiger partial charge in [0.1, 0.15) is 12.4 Å².